The monoisotopic (exact) mass is 210 g/mol. The lowest BCUT2D eigenvalue weighted by atomic mass is 9.79. The van der Waals surface area contributed by atoms with Crippen molar-refractivity contribution in [1.29, 1.82) is 0 Å². The molecule has 1 heterocycles. The van der Waals surface area contributed by atoms with Gasteiger partial charge in [-0.05, 0) is 46.4 Å². The van der Waals surface area contributed by atoms with Crippen molar-refractivity contribution in [2.75, 3.05) is 33.7 Å². The molecule has 1 aliphatic heterocycles. The summed E-state index contributed by atoms with van der Waals surface area (Å²) >= 11 is 0. The topological polar surface area (TPSA) is 23.6 Å². The third kappa shape index (κ3) is 2.40. The standard InChI is InChI=1S/C12H22N2O/c1-13-7-4-8-14(2)11(9-13)12(15)10-5-3-6-10/h10-11H,3-9H2,1-2H3. The van der Waals surface area contributed by atoms with E-state index >= 15 is 0 Å². The van der Waals surface area contributed by atoms with E-state index in [0.29, 0.717) is 11.7 Å². The van der Waals surface area contributed by atoms with Crippen molar-refractivity contribution in [2.24, 2.45) is 5.92 Å². The summed E-state index contributed by atoms with van der Waals surface area (Å²) in [6, 6.07) is 0.155. The minimum absolute atomic E-state index is 0.155. The van der Waals surface area contributed by atoms with Gasteiger partial charge in [0.25, 0.3) is 0 Å². The Morgan fingerprint density at radius 2 is 1.87 bits per heavy atom. The van der Waals surface area contributed by atoms with Crippen LogP contribution in [0, 0.1) is 5.92 Å². The first kappa shape index (κ1) is 11.1. The Morgan fingerprint density at radius 1 is 1.13 bits per heavy atom. The molecule has 0 bridgehead atoms. The summed E-state index contributed by atoms with van der Waals surface area (Å²) < 4.78 is 0. The minimum Gasteiger partial charge on any atom is -0.304 e. The zero-order chi connectivity index (χ0) is 10.8. The first-order chi connectivity index (χ1) is 7.18. The fourth-order valence-electron chi connectivity index (χ4n) is 2.54. The van der Waals surface area contributed by atoms with Crippen molar-refractivity contribution < 1.29 is 4.79 Å². The van der Waals surface area contributed by atoms with Gasteiger partial charge in [0.05, 0.1) is 6.04 Å². The lowest BCUT2D eigenvalue weighted by molar-refractivity contribution is -0.130. The van der Waals surface area contributed by atoms with E-state index in [-0.39, 0.29) is 6.04 Å². The van der Waals surface area contributed by atoms with Gasteiger partial charge in [0.2, 0.25) is 0 Å². The molecule has 3 heteroatoms. The number of ketones is 1. The lowest BCUT2D eigenvalue weighted by Crippen LogP contribution is -2.47. The van der Waals surface area contributed by atoms with Gasteiger partial charge in [0.1, 0.15) is 0 Å². The predicted octanol–water partition coefficient (Wildman–Crippen LogP) is 0.991. The van der Waals surface area contributed by atoms with E-state index in [1.165, 1.54) is 12.8 Å². The Hall–Kier alpha value is -0.410. The fraction of sp³-hybridized carbons (Fsp3) is 0.917. The number of carbonyl (C=O) groups is 1. The predicted molar refractivity (Wildman–Crippen MR) is 60.9 cm³/mol. The van der Waals surface area contributed by atoms with E-state index in [9.17, 15) is 4.79 Å². The highest BCUT2D eigenvalue weighted by atomic mass is 16.1. The Balaban J connectivity index is 1.99. The first-order valence-corrected chi connectivity index (χ1v) is 6.11. The Kier molecular flexibility index (Phi) is 3.42. The van der Waals surface area contributed by atoms with Gasteiger partial charge in [0, 0.05) is 12.5 Å². The van der Waals surface area contributed by atoms with Crippen LogP contribution in [0.15, 0.2) is 0 Å². The molecule has 1 saturated heterocycles. The number of hydrogen-bond acceptors (Lipinski definition) is 3. The van der Waals surface area contributed by atoms with E-state index in [1.807, 2.05) is 0 Å². The fourth-order valence-corrected chi connectivity index (χ4v) is 2.54. The van der Waals surface area contributed by atoms with Crippen molar-refractivity contribution in [3.8, 4) is 0 Å². The maximum Gasteiger partial charge on any atom is 0.154 e. The normalized spacial score (nSPS) is 30.9. The molecule has 1 unspecified atom stereocenters. The molecule has 3 nitrogen and oxygen atoms in total. The zero-order valence-electron chi connectivity index (χ0n) is 9.91. The number of rotatable bonds is 2. The summed E-state index contributed by atoms with van der Waals surface area (Å²) in [4.78, 5) is 16.8. The maximum atomic E-state index is 12.2. The molecular formula is C12H22N2O. The summed E-state index contributed by atoms with van der Waals surface area (Å²) in [5, 5.41) is 0. The second-order valence-corrected chi connectivity index (χ2v) is 5.14. The van der Waals surface area contributed by atoms with Crippen LogP contribution in [-0.2, 0) is 4.79 Å². The summed E-state index contributed by atoms with van der Waals surface area (Å²) in [5.41, 5.74) is 0. The van der Waals surface area contributed by atoms with Gasteiger partial charge in [-0.2, -0.15) is 0 Å². The van der Waals surface area contributed by atoms with Crippen molar-refractivity contribution >= 4 is 5.78 Å². The second-order valence-electron chi connectivity index (χ2n) is 5.14. The molecule has 86 valence electrons. The SMILES string of the molecule is CN1CCCN(C)C(C(=O)C2CCC2)C1. The molecule has 15 heavy (non-hydrogen) atoms. The molecule has 2 aliphatic rings. The average molecular weight is 210 g/mol. The van der Waals surface area contributed by atoms with Crippen LogP contribution < -0.4 is 0 Å². The third-order valence-corrected chi connectivity index (χ3v) is 3.90. The number of Topliss-reactive ketones (excluding diaryl/α,β-unsaturated/α-hetero) is 1. The molecule has 0 radical (unpaired) electrons. The van der Waals surface area contributed by atoms with Crippen LogP contribution in [-0.4, -0.2) is 55.4 Å². The van der Waals surface area contributed by atoms with Crippen LogP contribution in [0.4, 0.5) is 0 Å². The molecule has 1 aliphatic carbocycles. The van der Waals surface area contributed by atoms with E-state index in [4.69, 9.17) is 0 Å². The van der Waals surface area contributed by atoms with Crippen molar-refractivity contribution in [1.82, 2.24) is 9.80 Å². The van der Waals surface area contributed by atoms with Crippen LogP contribution in [0.1, 0.15) is 25.7 Å². The van der Waals surface area contributed by atoms with Gasteiger partial charge < -0.3 is 4.90 Å². The van der Waals surface area contributed by atoms with Crippen LogP contribution in [0.2, 0.25) is 0 Å². The van der Waals surface area contributed by atoms with E-state index in [1.54, 1.807) is 0 Å². The molecule has 0 amide bonds. The summed E-state index contributed by atoms with van der Waals surface area (Å²) in [5.74, 6) is 0.876. The Morgan fingerprint density at radius 3 is 2.47 bits per heavy atom. The Labute approximate surface area is 92.4 Å². The van der Waals surface area contributed by atoms with Gasteiger partial charge in [-0.1, -0.05) is 6.42 Å². The van der Waals surface area contributed by atoms with E-state index in [0.717, 1.165) is 32.5 Å². The molecule has 2 fully saturated rings. The smallest absolute Gasteiger partial charge is 0.154 e. The van der Waals surface area contributed by atoms with Crippen LogP contribution in [0.5, 0.6) is 0 Å². The van der Waals surface area contributed by atoms with Gasteiger partial charge in [0.15, 0.2) is 5.78 Å². The lowest BCUT2D eigenvalue weighted by Gasteiger charge is -2.33. The van der Waals surface area contributed by atoms with Crippen molar-refractivity contribution in [3.05, 3.63) is 0 Å². The molecule has 1 atom stereocenters. The third-order valence-electron chi connectivity index (χ3n) is 3.90. The zero-order valence-corrected chi connectivity index (χ0v) is 9.91. The van der Waals surface area contributed by atoms with Gasteiger partial charge in [-0.25, -0.2) is 0 Å². The quantitative estimate of drug-likeness (QED) is 0.679. The number of carbonyl (C=O) groups excluding carboxylic acids is 1. The van der Waals surface area contributed by atoms with Crippen LogP contribution in [0.25, 0.3) is 0 Å². The van der Waals surface area contributed by atoms with Crippen LogP contribution in [0.3, 0.4) is 0 Å². The first-order valence-electron chi connectivity index (χ1n) is 6.11. The average Bonchev–Trinajstić information content (AvgIpc) is 2.25. The molecule has 0 aromatic carbocycles. The largest absolute Gasteiger partial charge is 0.304 e. The number of nitrogens with zero attached hydrogens (tertiary/aromatic N) is 2. The molecule has 1 saturated carbocycles. The second kappa shape index (κ2) is 4.62. The highest BCUT2D eigenvalue weighted by Gasteiger charge is 2.34. The van der Waals surface area contributed by atoms with E-state index < -0.39 is 0 Å². The van der Waals surface area contributed by atoms with Crippen LogP contribution >= 0.6 is 0 Å². The van der Waals surface area contributed by atoms with E-state index in [2.05, 4.69) is 23.9 Å². The summed E-state index contributed by atoms with van der Waals surface area (Å²) in [7, 11) is 4.22. The molecular weight excluding hydrogens is 188 g/mol. The molecule has 0 aromatic rings. The Bertz CT molecular complexity index is 238. The highest BCUT2D eigenvalue weighted by Crippen LogP contribution is 2.29. The van der Waals surface area contributed by atoms with Gasteiger partial charge in [-0.15, -0.1) is 0 Å². The molecule has 0 spiro atoms. The number of hydrogen-bond donors (Lipinski definition) is 0. The number of likely N-dealkylation sites (N-methyl/N-ethyl adjacent to an activating group) is 2. The van der Waals surface area contributed by atoms with Gasteiger partial charge >= 0.3 is 0 Å². The van der Waals surface area contributed by atoms with Gasteiger partial charge in [-0.3, -0.25) is 9.69 Å². The maximum absolute atomic E-state index is 12.2. The summed E-state index contributed by atoms with van der Waals surface area (Å²) in [6.07, 6.45) is 4.70. The molecule has 0 N–H and O–H groups in total. The summed E-state index contributed by atoms with van der Waals surface area (Å²) in [6.45, 7) is 3.11. The molecule has 2 rings (SSSR count). The minimum atomic E-state index is 0.155. The van der Waals surface area contributed by atoms with Crippen molar-refractivity contribution in [2.45, 2.75) is 31.7 Å². The van der Waals surface area contributed by atoms with Crippen molar-refractivity contribution in [3.63, 3.8) is 0 Å². The highest BCUT2D eigenvalue weighted by molar-refractivity contribution is 5.87. The molecule has 0 aromatic heterocycles.